The first kappa shape index (κ1) is 17.8. The summed E-state index contributed by atoms with van der Waals surface area (Å²) in [4.78, 5) is 14.3. The summed E-state index contributed by atoms with van der Waals surface area (Å²) in [6.07, 6.45) is 4.74. The summed E-state index contributed by atoms with van der Waals surface area (Å²) in [5, 5.41) is 15.5. The largest absolute Gasteiger partial charge is 0.394 e. The van der Waals surface area contributed by atoms with Gasteiger partial charge in [-0.1, -0.05) is 43.2 Å². The molecule has 0 bridgehead atoms. The standard InChI is InChI=1S/C18H29N3O2/c1-21(2)16(12-15-8-4-3-5-9-15)13-19-17(23)20-18(14-22)10-6-7-11-18/h3-5,8-9,16,22H,6-7,10-14H2,1-2H3,(H2,19,20,23). The number of carbonyl (C=O) groups is 1. The van der Waals surface area contributed by atoms with Crippen molar-refractivity contribution in [2.45, 2.75) is 43.7 Å². The van der Waals surface area contributed by atoms with Crippen LogP contribution in [0, 0.1) is 0 Å². The predicted molar refractivity (Wildman–Crippen MR) is 92.4 cm³/mol. The Hall–Kier alpha value is -1.59. The average molecular weight is 319 g/mol. The lowest BCUT2D eigenvalue weighted by atomic mass is 9.99. The highest BCUT2D eigenvalue weighted by atomic mass is 16.3. The van der Waals surface area contributed by atoms with Gasteiger partial charge in [0.05, 0.1) is 12.1 Å². The van der Waals surface area contributed by atoms with Crippen LogP contribution in [0.1, 0.15) is 31.2 Å². The number of aliphatic hydroxyl groups is 1. The van der Waals surface area contributed by atoms with Gasteiger partial charge in [-0.3, -0.25) is 0 Å². The van der Waals surface area contributed by atoms with E-state index in [1.807, 2.05) is 32.3 Å². The molecule has 3 N–H and O–H groups in total. The molecule has 1 aromatic carbocycles. The molecule has 2 rings (SSSR count). The molecule has 2 amide bonds. The molecule has 1 fully saturated rings. The molecule has 1 aromatic rings. The summed E-state index contributed by atoms with van der Waals surface area (Å²) in [6, 6.07) is 10.3. The van der Waals surface area contributed by atoms with Crippen LogP contribution >= 0.6 is 0 Å². The summed E-state index contributed by atoms with van der Waals surface area (Å²) in [6.45, 7) is 0.594. The van der Waals surface area contributed by atoms with Crippen molar-refractivity contribution in [3.05, 3.63) is 35.9 Å². The fourth-order valence-electron chi connectivity index (χ4n) is 3.19. The molecular weight excluding hydrogens is 290 g/mol. The molecule has 0 heterocycles. The first-order valence-electron chi connectivity index (χ1n) is 8.42. The van der Waals surface area contributed by atoms with Gasteiger partial charge in [0.25, 0.3) is 0 Å². The van der Waals surface area contributed by atoms with E-state index in [4.69, 9.17) is 0 Å². The fraction of sp³-hybridized carbons (Fsp3) is 0.611. The SMILES string of the molecule is CN(C)C(CNC(=O)NC1(CO)CCCC1)Cc1ccccc1. The number of nitrogens with one attached hydrogen (secondary N) is 2. The van der Waals surface area contributed by atoms with E-state index < -0.39 is 5.54 Å². The van der Waals surface area contributed by atoms with E-state index in [0.29, 0.717) is 6.54 Å². The molecule has 5 heteroatoms. The van der Waals surface area contributed by atoms with Crippen LogP contribution in [-0.2, 0) is 6.42 Å². The molecule has 1 aliphatic carbocycles. The Kier molecular flexibility index (Phi) is 6.42. The molecule has 1 unspecified atom stereocenters. The van der Waals surface area contributed by atoms with Crippen LogP contribution in [0.3, 0.4) is 0 Å². The Morgan fingerprint density at radius 2 is 1.91 bits per heavy atom. The number of hydrogen-bond donors (Lipinski definition) is 3. The summed E-state index contributed by atoms with van der Waals surface area (Å²) < 4.78 is 0. The lowest BCUT2D eigenvalue weighted by Gasteiger charge is -2.29. The smallest absolute Gasteiger partial charge is 0.315 e. The fourth-order valence-corrected chi connectivity index (χ4v) is 3.19. The Labute approximate surface area is 139 Å². The molecule has 1 aliphatic rings. The van der Waals surface area contributed by atoms with Gasteiger partial charge in [0, 0.05) is 12.6 Å². The lowest BCUT2D eigenvalue weighted by Crippen LogP contribution is -2.54. The van der Waals surface area contributed by atoms with Crippen molar-refractivity contribution >= 4 is 6.03 Å². The van der Waals surface area contributed by atoms with Crippen molar-refractivity contribution < 1.29 is 9.90 Å². The van der Waals surface area contributed by atoms with Crippen LogP contribution in [0.4, 0.5) is 4.79 Å². The van der Waals surface area contributed by atoms with E-state index in [9.17, 15) is 9.90 Å². The van der Waals surface area contributed by atoms with Crippen molar-refractivity contribution in [2.24, 2.45) is 0 Å². The molecule has 0 spiro atoms. The zero-order chi connectivity index (χ0) is 16.7. The van der Waals surface area contributed by atoms with Crippen LogP contribution in [0.15, 0.2) is 30.3 Å². The minimum absolute atomic E-state index is 0.0154. The third-order valence-corrected chi connectivity index (χ3v) is 4.78. The second kappa shape index (κ2) is 8.31. The maximum atomic E-state index is 12.2. The summed E-state index contributed by atoms with van der Waals surface area (Å²) in [5.41, 5.74) is 0.841. The van der Waals surface area contributed by atoms with Crippen molar-refractivity contribution in [2.75, 3.05) is 27.2 Å². The van der Waals surface area contributed by atoms with Gasteiger partial charge in [0.15, 0.2) is 0 Å². The van der Waals surface area contributed by atoms with Gasteiger partial charge >= 0.3 is 6.03 Å². The van der Waals surface area contributed by atoms with Crippen molar-refractivity contribution in [1.82, 2.24) is 15.5 Å². The Morgan fingerprint density at radius 3 is 2.48 bits per heavy atom. The molecule has 23 heavy (non-hydrogen) atoms. The van der Waals surface area contributed by atoms with Gasteiger partial charge in [-0.25, -0.2) is 4.79 Å². The lowest BCUT2D eigenvalue weighted by molar-refractivity contribution is 0.161. The van der Waals surface area contributed by atoms with E-state index in [0.717, 1.165) is 32.1 Å². The van der Waals surface area contributed by atoms with Gasteiger partial charge in [-0.15, -0.1) is 0 Å². The molecule has 0 saturated heterocycles. The van der Waals surface area contributed by atoms with E-state index in [1.54, 1.807) is 0 Å². The molecule has 5 nitrogen and oxygen atoms in total. The summed E-state index contributed by atoms with van der Waals surface area (Å²) in [7, 11) is 4.05. The van der Waals surface area contributed by atoms with E-state index in [-0.39, 0.29) is 18.7 Å². The number of aliphatic hydroxyl groups excluding tert-OH is 1. The number of carbonyl (C=O) groups excluding carboxylic acids is 1. The summed E-state index contributed by atoms with van der Waals surface area (Å²) in [5.74, 6) is 0. The number of hydrogen-bond acceptors (Lipinski definition) is 3. The van der Waals surface area contributed by atoms with Crippen molar-refractivity contribution in [3.63, 3.8) is 0 Å². The number of amides is 2. The van der Waals surface area contributed by atoms with Gasteiger partial charge in [0.2, 0.25) is 0 Å². The first-order valence-corrected chi connectivity index (χ1v) is 8.42. The van der Waals surface area contributed by atoms with Crippen LogP contribution in [0.2, 0.25) is 0 Å². The highest BCUT2D eigenvalue weighted by molar-refractivity contribution is 5.74. The Balaban J connectivity index is 1.84. The Morgan fingerprint density at radius 1 is 1.26 bits per heavy atom. The molecule has 128 valence electrons. The van der Waals surface area contributed by atoms with E-state index in [2.05, 4.69) is 27.7 Å². The number of urea groups is 1. The minimum atomic E-state index is -0.420. The number of likely N-dealkylation sites (N-methyl/N-ethyl adjacent to an activating group) is 1. The monoisotopic (exact) mass is 319 g/mol. The van der Waals surface area contributed by atoms with Gasteiger partial charge < -0.3 is 20.6 Å². The molecule has 1 atom stereocenters. The molecule has 1 saturated carbocycles. The number of benzene rings is 1. The quantitative estimate of drug-likeness (QED) is 0.717. The maximum Gasteiger partial charge on any atom is 0.315 e. The molecular formula is C18H29N3O2. The first-order chi connectivity index (χ1) is 11.0. The van der Waals surface area contributed by atoms with Crippen molar-refractivity contribution in [3.8, 4) is 0 Å². The zero-order valence-corrected chi connectivity index (χ0v) is 14.2. The van der Waals surface area contributed by atoms with Crippen LogP contribution in [0.5, 0.6) is 0 Å². The average Bonchev–Trinajstić information content (AvgIpc) is 3.01. The number of rotatable bonds is 7. The third kappa shape index (κ3) is 5.22. The van der Waals surface area contributed by atoms with Crippen LogP contribution in [-0.4, -0.2) is 54.9 Å². The van der Waals surface area contributed by atoms with E-state index >= 15 is 0 Å². The topological polar surface area (TPSA) is 64.6 Å². The second-order valence-corrected chi connectivity index (χ2v) is 6.79. The normalized spacial score (nSPS) is 17.9. The predicted octanol–water partition coefficient (Wildman–Crippen LogP) is 1.76. The minimum Gasteiger partial charge on any atom is -0.394 e. The third-order valence-electron chi connectivity index (χ3n) is 4.78. The van der Waals surface area contributed by atoms with Crippen LogP contribution < -0.4 is 10.6 Å². The molecule has 0 aliphatic heterocycles. The molecule has 0 aromatic heterocycles. The summed E-state index contributed by atoms with van der Waals surface area (Å²) >= 11 is 0. The van der Waals surface area contributed by atoms with Gasteiger partial charge in [0.1, 0.15) is 0 Å². The van der Waals surface area contributed by atoms with Gasteiger partial charge in [-0.05, 0) is 38.9 Å². The second-order valence-electron chi connectivity index (χ2n) is 6.79. The maximum absolute atomic E-state index is 12.2. The number of nitrogens with zero attached hydrogens (tertiary/aromatic N) is 1. The molecule has 0 radical (unpaired) electrons. The van der Waals surface area contributed by atoms with E-state index in [1.165, 1.54) is 5.56 Å². The Bertz CT molecular complexity index is 484. The van der Waals surface area contributed by atoms with Crippen molar-refractivity contribution in [1.29, 1.82) is 0 Å². The highest BCUT2D eigenvalue weighted by Crippen LogP contribution is 2.28. The zero-order valence-electron chi connectivity index (χ0n) is 14.2. The highest BCUT2D eigenvalue weighted by Gasteiger charge is 2.34. The van der Waals surface area contributed by atoms with Gasteiger partial charge in [-0.2, -0.15) is 0 Å². The van der Waals surface area contributed by atoms with Crippen LogP contribution in [0.25, 0.3) is 0 Å².